The smallest absolute Gasteiger partial charge is 0.0237 e. The average Bonchev–Trinajstić information content (AvgIpc) is 3.03. The summed E-state index contributed by atoms with van der Waals surface area (Å²) in [5, 5.41) is 0. The van der Waals surface area contributed by atoms with Gasteiger partial charge in [-0.2, -0.15) is 0 Å². The number of hydrogen-bond donors (Lipinski definition) is 0. The highest BCUT2D eigenvalue weighted by Gasteiger charge is 2.56. The second-order valence-corrected chi connectivity index (χ2v) is 6.75. The van der Waals surface area contributed by atoms with Crippen LogP contribution in [0.2, 0.25) is 0 Å². The van der Waals surface area contributed by atoms with Gasteiger partial charge in [0.1, 0.15) is 0 Å². The van der Waals surface area contributed by atoms with Gasteiger partial charge >= 0.3 is 0 Å². The van der Waals surface area contributed by atoms with Crippen LogP contribution in [0.15, 0.2) is 60.7 Å². The fourth-order valence-electron chi connectivity index (χ4n) is 4.30. The Bertz CT molecular complexity index is 538. The van der Waals surface area contributed by atoms with E-state index in [1.165, 1.54) is 43.2 Å². The highest BCUT2D eigenvalue weighted by molar-refractivity contribution is 5.48. The van der Waals surface area contributed by atoms with E-state index in [-0.39, 0.29) is 5.41 Å². The fraction of sp³-hybridized carbons (Fsp3) is 0.381. The van der Waals surface area contributed by atoms with Crippen LogP contribution in [0.4, 0.5) is 0 Å². The molecule has 0 heteroatoms. The van der Waals surface area contributed by atoms with Crippen molar-refractivity contribution in [3.05, 3.63) is 78.2 Å². The Balaban J connectivity index is 1.65. The van der Waals surface area contributed by atoms with Crippen molar-refractivity contribution in [2.24, 2.45) is 11.8 Å². The zero-order valence-electron chi connectivity index (χ0n) is 12.5. The average molecular weight is 275 g/mol. The van der Waals surface area contributed by atoms with Gasteiger partial charge in [-0.3, -0.25) is 0 Å². The predicted octanol–water partition coefficient (Wildman–Crippen LogP) is 5.39. The molecule has 4 rings (SSSR count). The summed E-state index contributed by atoms with van der Waals surface area (Å²) in [7, 11) is 0. The van der Waals surface area contributed by atoms with E-state index in [4.69, 9.17) is 0 Å². The van der Waals surface area contributed by atoms with E-state index in [0.29, 0.717) is 0 Å². The lowest BCUT2D eigenvalue weighted by atomic mass is 9.83. The minimum Gasteiger partial charge on any atom is -0.0622 e. The normalized spacial score (nSPS) is 24.1. The van der Waals surface area contributed by atoms with Crippen LogP contribution in [-0.4, -0.2) is 0 Å². The second-order valence-electron chi connectivity index (χ2n) is 6.75. The van der Waals surface area contributed by atoms with E-state index in [1.807, 2.05) is 0 Å². The van der Waals surface area contributed by atoms with Gasteiger partial charge in [-0.1, -0.05) is 86.3 Å². The summed E-state index contributed by atoms with van der Waals surface area (Å²) in [5.41, 5.74) is 3.25. The summed E-state index contributed by atoms with van der Waals surface area (Å²) in [5.74, 6) is 1.59. The van der Waals surface area contributed by atoms with Crippen LogP contribution in [0.1, 0.15) is 43.2 Å². The van der Waals surface area contributed by atoms with Gasteiger partial charge in [0.05, 0.1) is 0 Å². The molecule has 2 saturated carbocycles. The molecule has 21 heavy (non-hydrogen) atoms. The van der Waals surface area contributed by atoms with E-state index in [1.54, 1.807) is 0 Å². The van der Waals surface area contributed by atoms with Gasteiger partial charge in [-0.25, -0.2) is 0 Å². The van der Waals surface area contributed by atoms with E-state index in [2.05, 4.69) is 67.1 Å². The minimum absolute atomic E-state index is 0.255. The molecule has 2 aliphatic rings. The van der Waals surface area contributed by atoms with Crippen LogP contribution in [-0.2, 0) is 5.41 Å². The van der Waals surface area contributed by atoms with Gasteiger partial charge in [0.2, 0.25) is 0 Å². The third kappa shape index (κ3) is 2.31. The maximum absolute atomic E-state index is 2.69. The van der Waals surface area contributed by atoms with E-state index >= 15 is 0 Å². The molecule has 2 fully saturated rings. The van der Waals surface area contributed by atoms with Crippen LogP contribution >= 0.6 is 0 Å². The molecule has 0 aliphatic heterocycles. The minimum atomic E-state index is 0.255. The van der Waals surface area contributed by atoms with Gasteiger partial charge < -0.3 is 0 Å². The molecule has 2 aliphatic carbocycles. The fourth-order valence-corrected chi connectivity index (χ4v) is 4.30. The molecule has 2 aromatic carbocycles. The Morgan fingerprint density at radius 3 is 1.81 bits per heavy atom. The Labute approximate surface area is 128 Å². The van der Waals surface area contributed by atoms with Crippen molar-refractivity contribution < 1.29 is 0 Å². The summed E-state index contributed by atoms with van der Waals surface area (Å²) >= 11 is 0. The van der Waals surface area contributed by atoms with Crippen molar-refractivity contribution >= 4 is 0 Å². The summed E-state index contributed by atoms with van der Waals surface area (Å²) < 4.78 is 0. The van der Waals surface area contributed by atoms with Gasteiger partial charge in [0.25, 0.3) is 0 Å². The molecule has 0 heterocycles. The van der Waals surface area contributed by atoms with Gasteiger partial charge in [-0.15, -0.1) is 0 Å². The summed E-state index contributed by atoms with van der Waals surface area (Å²) in [6, 6.07) is 22.3. The maximum atomic E-state index is 2.69. The molecule has 1 atom stereocenters. The third-order valence-corrected chi connectivity index (χ3v) is 5.50. The highest BCUT2D eigenvalue weighted by atomic mass is 14.6. The van der Waals surface area contributed by atoms with Crippen molar-refractivity contribution in [2.75, 3.05) is 0 Å². The first-order valence-corrected chi connectivity index (χ1v) is 8.36. The first kappa shape index (κ1) is 13.1. The standard InChI is InChI=1S/C21H23/c1-3-11-18(12-4-1)21(19-13-5-2-6-14-19)16-20(21)15-17-9-7-8-10-17/h1-6,11-15,17,20H,7-10,16H2. The van der Waals surface area contributed by atoms with E-state index in [0.717, 1.165) is 11.8 Å². The SMILES string of the molecule is [CH](C1CCCC1)C1CC1(c1ccccc1)c1ccccc1. The lowest BCUT2D eigenvalue weighted by Gasteiger charge is -2.20. The van der Waals surface area contributed by atoms with Crippen molar-refractivity contribution in [3.63, 3.8) is 0 Å². The molecule has 0 nitrogen and oxygen atoms in total. The quantitative estimate of drug-likeness (QED) is 0.702. The van der Waals surface area contributed by atoms with Crippen LogP contribution < -0.4 is 0 Å². The lowest BCUT2D eigenvalue weighted by molar-refractivity contribution is 0.573. The first-order valence-electron chi connectivity index (χ1n) is 8.36. The topological polar surface area (TPSA) is 0 Å². The lowest BCUT2D eigenvalue weighted by Crippen LogP contribution is -2.14. The molecule has 0 spiro atoms. The number of rotatable bonds is 4. The molecule has 0 bridgehead atoms. The monoisotopic (exact) mass is 275 g/mol. The molecular weight excluding hydrogens is 252 g/mol. The number of benzene rings is 2. The Kier molecular flexibility index (Phi) is 3.33. The van der Waals surface area contributed by atoms with Crippen molar-refractivity contribution in [1.82, 2.24) is 0 Å². The summed E-state index contributed by atoms with van der Waals surface area (Å²) in [4.78, 5) is 0. The van der Waals surface area contributed by atoms with E-state index < -0.39 is 0 Å². The Morgan fingerprint density at radius 2 is 1.29 bits per heavy atom. The molecule has 0 aromatic heterocycles. The van der Waals surface area contributed by atoms with Gasteiger partial charge in [0.15, 0.2) is 0 Å². The number of hydrogen-bond acceptors (Lipinski definition) is 0. The van der Waals surface area contributed by atoms with Gasteiger partial charge in [0, 0.05) is 5.41 Å². The molecule has 2 aromatic rings. The molecule has 1 unspecified atom stereocenters. The maximum Gasteiger partial charge on any atom is 0.0237 e. The second kappa shape index (κ2) is 5.33. The zero-order valence-corrected chi connectivity index (χ0v) is 12.5. The molecule has 0 saturated heterocycles. The van der Waals surface area contributed by atoms with Crippen molar-refractivity contribution in [3.8, 4) is 0 Å². The predicted molar refractivity (Wildman–Crippen MR) is 88.0 cm³/mol. The van der Waals surface area contributed by atoms with Crippen LogP contribution in [0.3, 0.4) is 0 Å². The van der Waals surface area contributed by atoms with Crippen LogP contribution in [0.25, 0.3) is 0 Å². The molecule has 1 radical (unpaired) electrons. The Hall–Kier alpha value is -1.56. The Morgan fingerprint density at radius 1 is 0.762 bits per heavy atom. The highest BCUT2D eigenvalue weighted by Crippen LogP contribution is 2.61. The molecular formula is C21H23. The molecule has 0 N–H and O–H groups in total. The van der Waals surface area contributed by atoms with Crippen LogP contribution in [0, 0.1) is 18.3 Å². The molecule has 0 amide bonds. The zero-order chi connectivity index (χ0) is 14.1. The largest absolute Gasteiger partial charge is 0.0622 e. The molecule has 107 valence electrons. The van der Waals surface area contributed by atoms with Crippen molar-refractivity contribution in [2.45, 2.75) is 37.5 Å². The summed E-state index contributed by atoms with van der Waals surface area (Å²) in [6.07, 6.45) is 9.66. The van der Waals surface area contributed by atoms with E-state index in [9.17, 15) is 0 Å². The third-order valence-electron chi connectivity index (χ3n) is 5.50. The van der Waals surface area contributed by atoms with Crippen molar-refractivity contribution in [1.29, 1.82) is 0 Å². The van der Waals surface area contributed by atoms with Crippen LogP contribution in [0.5, 0.6) is 0 Å². The summed E-state index contributed by atoms with van der Waals surface area (Å²) in [6.45, 7) is 0. The van der Waals surface area contributed by atoms with Gasteiger partial charge in [-0.05, 0) is 35.8 Å². The first-order chi connectivity index (χ1) is 10.4.